The number of nitrogens with zero attached hydrogens (tertiary/aromatic N) is 2. The molecular formula is C26H21Cl3N2O3. The highest BCUT2D eigenvalue weighted by molar-refractivity contribution is 6.43. The summed E-state index contributed by atoms with van der Waals surface area (Å²) in [6.07, 6.45) is 1.93. The van der Waals surface area contributed by atoms with Crippen LogP contribution in [0.3, 0.4) is 0 Å². The van der Waals surface area contributed by atoms with E-state index in [1.54, 1.807) is 6.07 Å². The predicted octanol–water partition coefficient (Wildman–Crippen LogP) is 7.30. The molecule has 0 radical (unpaired) electrons. The third-order valence-electron chi connectivity index (χ3n) is 5.89. The van der Waals surface area contributed by atoms with Gasteiger partial charge in [-0.1, -0.05) is 54.4 Å². The van der Waals surface area contributed by atoms with E-state index in [0.29, 0.717) is 62.4 Å². The average molecular weight is 516 g/mol. The van der Waals surface area contributed by atoms with Gasteiger partial charge in [0.2, 0.25) is 0 Å². The highest BCUT2D eigenvalue weighted by Crippen LogP contribution is 2.37. The monoisotopic (exact) mass is 514 g/mol. The lowest BCUT2D eigenvalue weighted by atomic mass is 9.92. The summed E-state index contributed by atoms with van der Waals surface area (Å²) in [4.78, 5) is 19.3. The van der Waals surface area contributed by atoms with Crippen molar-refractivity contribution < 1.29 is 14.3 Å². The van der Waals surface area contributed by atoms with Crippen LogP contribution in [0.15, 0.2) is 59.0 Å². The van der Waals surface area contributed by atoms with E-state index in [1.807, 2.05) is 54.6 Å². The molecule has 0 spiro atoms. The molecule has 2 aromatic carbocycles. The molecule has 4 aromatic rings. The summed E-state index contributed by atoms with van der Waals surface area (Å²) in [6, 6.07) is 16.5. The number of hydrogen-bond donors (Lipinski definition) is 1. The van der Waals surface area contributed by atoms with Crippen molar-refractivity contribution in [3.05, 3.63) is 87.2 Å². The van der Waals surface area contributed by atoms with Gasteiger partial charge in [-0.15, -0.1) is 12.4 Å². The van der Waals surface area contributed by atoms with Gasteiger partial charge in [-0.2, -0.15) is 0 Å². The Balaban J connectivity index is 0.00000274. The summed E-state index contributed by atoms with van der Waals surface area (Å²) in [5, 5.41) is 11.6. The number of fused-ring (bicyclic) bond motifs is 2. The normalized spacial score (nSPS) is 14.7. The molecule has 5 rings (SSSR count). The SMILES string of the molecule is CCN1C/C(=C\c2ccc(-c3cccc(Cl)c3Cl)o2)c2nc3ccccc3c(C(=O)O)c2C1.Cl. The van der Waals surface area contributed by atoms with Crippen LogP contribution in [0.5, 0.6) is 0 Å². The lowest BCUT2D eigenvalue weighted by molar-refractivity contribution is 0.0696. The van der Waals surface area contributed by atoms with Crippen molar-refractivity contribution in [3.63, 3.8) is 0 Å². The summed E-state index contributed by atoms with van der Waals surface area (Å²) in [5.41, 5.74) is 4.02. The van der Waals surface area contributed by atoms with Gasteiger partial charge in [0.15, 0.2) is 0 Å². The molecule has 0 aliphatic carbocycles. The minimum absolute atomic E-state index is 0. The van der Waals surface area contributed by atoms with Crippen molar-refractivity contribution in [1.82, 2.24) is 9.88 Å². The Morgan fingerprint density at radius 3 is 2.68 bits per heavy atom. The number of hydrogen-bond acceptors (Lipinski definition) is 4. The van der Waals surface area contributed by atoms with Crippen molar-refractivity contribution in [1.29, 1.82) is 0 Å². The Morgan fingerprint density at radius 1 is 1.12 bits per heavy atom. The van der Waals surface area contributed by atoms with Gasteiger partial charge in [0.05, 0.1) is 26.8 Å². The van der Waals surface area contributed by atoms with E-state index in [1.165, 1.54) is 0 Å². The van der Waals surface area contributed by atoms with Crippen LogP contribution in [0.4, 0.5) is 0 Å². The molecule has 1 aliphatic heterocycles. The fourth-order valence-electron chi connectivity index (χ4n) is 4.29. The minimum Gasteiger partial charge on any atom is -0.478 e. The summed E-state index contributed by atoms with van der Waals surface area (Å²) >= 11 is 12.5. The van der Waals surface area contributed by atoms with Crippen molar-refractivity contribution in [3.8, 4) is 11.3 Å². The first-order valence-electron chi connectivity index (χ1n) is 10.6. The number of para-hydroxylation sites is 1. The van der Waals surface area contributed by atoms with E-state index < -0.39 is 5.97 Å². The molecular weight excluding hydrogens is 495 g/mol. The number of furan rings is 1. The number of benzene rings is 2. The van der Waals surface area contributed by atoms with E-state index in [2.05, 4.69) is 11.8 Å². The number of halogens is 3. The molecule has 1 aliphatic rings. The van der Waals surface area contributed by atoms with Gasteiger partial charge in [0.1, 0.15) is 11.5 Å². The number of rotatable bonds is 4. The first kappa shape index (κ1) is 24.3. The smallest absolute Gasteiger partial charge is 0.336 e. The van der Waals surface area contributed by atoms with Gasteiger partial charge < -0.3 is 9.52 Å². The molecule has 0 fully saturated rings. The van der Waals surface area contributed by atoms with Gasteiger partial charge in [0, 0.05) is 29.6 Å². The van der Waals surface area contributed by atoms with E-state index in [9.17, 15) is 9.90 Å². The summed E-state index contributed by atoms with van der Waals surface area (Å²) in [6.45, 7) is 4.01. The van der Waals surface area contributed by atoms with Crippen molar-refractivity contribution in [2.75, 3.05) is 13.1 Å². The molecule has 0 amide bonds. The van der Waals surface area contributed by atoms with E-state index >= 15 is 0 Å². The van der Waals surface area contributed by atoms with Gasteiger partial charge in [0.25, 0.3) is 0 Å². The Kier molecular flexibility index (Phi) is 7.01. The molecule has 0 saturated carbocycles. The zero-order valence-electron chi connectivity index (χ0n) is 18.2. The van der Waals surface area contributed by atoms with Crippen LogP contribution in [0.25, 0.3) is 33.9 Å². The second kappa shape index (κ2) is 9.80. The highest BCUT2D eigenvalue weighted by atomic mass is 35.5. The maximum absolute atomic E-state index is 12.3. The fraction of sp³-hybridized carbons (Fsp3) is 0.154. The second-order valence-corrected chi connectivity index (χ2v) is 8.70. The second-order valence-electron chi connectivity index (χ2n) is 7.91. The number of pyridine rings is 1. The van der Waals surface area contributed by atoms with Gasteiger partial charge in [-0.05, 0) is 48.5 Å². The summed E-state index contributed by atoms with van der Waals surface area (Å²) in [7, 11) is 0. The van der Waals surface area contributed by atoms with Crippen LogP contribution in [-0.2, 0) is 6.54 Å². The number of aromatic carboxylic acids is 1. The lowest BCUT2D eigenvalue weighted by Crippen LogP contribution is -2.31. The fourth-order valence-corrected chi connectivity index (χ4v) is 4.68. The molecule has 8 heteroatoms. The van der Waals surface area contributed by atoms with Crippen LogP contribution in [-0.4, -0.2) is 34.0 Å². The predicted molar refractivity (Wildman–Crippen MR) is 139 cm³/mol. The van der Waals surface area contributed by atoms with E-state index in [0.717, 1.165) is 17.7 Å². The zero-order chi connectivity index (χ0) is 23.1. The maximum Gasteiger partial charge on any atom is 0.336 e. The number of aromatic nitrogens is 1. The topological polar surface area (TPSA) is 66.6 Å². The molecule has 5 nitrogen and oxygen atoms in total. The van der Waals surface area contributed by atoms with Crippen molar-refractivity contribution >= 4 is 64.1 Å². The number of likely N-dealkylation sites (N-methyl/N-ethyl adjacent to an activating group) is 1. The highest BCUT2D eigenvalue weighted by Gasteiger charge is 2.28. The van der Waals surface area contributed by atoms with Crippen LogP contribution in [0, 0.1) is 0 Å². The third-order valence-corrected chi connectivity index (χ3v) is 6.71. The number of carboxylic acids is 1. The molecule has 3 heterocycles. The maximum atomic E-state index is 12.3. The molecule has 0 saturated heterocycles. The average Bonchev–Trinajstić information content (AvgIpc) is 3.27. The van der Waals surface area contributed by atoms with Crippen LogP contribution < -0.4 is 0 Å². The Labute approximate surface area is 213 Å². The molecule has 2 aromatic heterocycles. The van der Waals surface area contributed by atoms with Crippen LogP contribution in [0.1, 0.15) is 34.3 Å². The standard InChI is InChI=1S/C26H20Cl2N2O3.ClH/c1-2-30-13-15(12-16-10-11-22(33-16)18-7-5-8-20(27)24(18)28)25-19(14-30)23(26(31)32)17-6-3-4-9-21(17)29-25;/h3-12H,2,13-14H2,1H3,(H,31,32);1H/b15-12+;. The third kappa shape index (κ3) is 4.32. The minimum atomic E-state index is -0.946. The quantitative estimate of drug-likeness (QED) is 0.309. The largest absolute Gasteiger partial charge is 0.478 e. The Morgan fingerprint density at radius 2 is 1.91 bits per heavy atom. The molecule has 1 N–H and O–H groups in total. The summed E-state index contributed by atoms with van der Waals surface area (Å²) < 4.78 is 6.08. The molecule has 174 valence electrons. The first-order chi connectivity index (χ1) is 16.0. The van der Waals surface area contributed by atoms with Crippen LogP contribution in [0.2, 0.25) is 10.0 Å². The van der Waals surface area contributed by atoms with E-state index in [4.69, 9.17) is 32.6 Å². The zero-order valence-corrected chi connectivity index (χ0v) is 20.5. The number of carboxylic acid groups (broad SMARTS) is 1. The van der Waals surface area contributed by atoms with Crippen molar-refractivity contribution in [2.45, 2.75) is 13.5 Å². The van der Waals surface area contributed by atoms with Crippen LogP contribution >= 0.6 is 35.6 Å². The van der Waals surface area contributed by atoms with Crippen molar-refractivity contribution in [2.24, 2.45) is 0 Å². The molecule has 0 unspecified atom stereocenters. The lowest BCUT2D eigenvalue weighted by Gasteiger charge is -2.30. The molecule has 0 atom stereocenters. The first-order valence-corrected chi connectivity index (χ1v) is 11.3. The summed E-state index contributed by atoms with van der Waals surface area (Å²) in [5.74, 6) is 0.292. The van der Waals surface area contributed by atoms with E-state index in [-0.39, 0.29) is 12.4 Å². The molecule has 34 heavy (non-hydrogen) atoms. The van der Waals surface area contributed by atoms with Gasteiger partial charge in [-0.25, -0.2) is 9.78 Å². The molecule has 0 bridgehead atoms. The van der Waals surface area contributed by atoms with Gasteiger partial charge >= 0.3 is 5.97 Å². The number of carbonyl (C=O) groups is 1. The van der Waals surface area contributed by atoms with Gasteiger partial charge in [-0.3, -0.25) is 4.90 Å². The Bertz CT molecular complexity index is 1430. The Hall–Kier alpha value is -2.83.